The number of nitrogens with one attached hydrogen (secondary N) is 3. The van der Waals surface area contributed by atoms with Gasteiger partial charge >= 0.3 is 0 Å². The molecule has 318 valence electrons. The Labute approximate surface area is 357 Å². The molecular weight excluding hydrogens is 719 g/mol. The largest absolute Gasteiger partial charge is 0.358 e. The van der Waals surface area contributed by atoms with Gasteiger partial charge in [0.2, 0.25) is 0 Å². The summed E-state index contributed by atoms with van der Waals surface area (Å²) in [5, 5.41) is 1.32. The molecule has 0 aliphatic carbocycles. The van der Waals surface area contributed by atoms with E-state index in [1.807, 2.05) is 0 Å². The lowest BCUT2D eigenvalue weighted by Gasteiger charge is -2.19. The molecule has 4 aromatic carbocycles. The van der Waals surface area contributed by atoms with E-state index >= 15 is 0 Å². The lowest BCUT2D eigenvalue weighted by atomic mass is 9.86. The van der Waals surface area contributed by atoms with Crippen LogP contribution in [0.2, 0.25) is 0 Å². The first-order chi connectivity index (χ1) is 27.4. The first-order valence-electron chi connectivity index (χ1n) is 22.2. The maximum absolute atomic E-state index is 4.58. The Kier molecular flexibility index (Phi) is 15.6. The third kappa shape index (κ3) is 12.9. The van der Waals surface area contributed by atoms with Gasteiger partial charge in [0.15, 0.2) is 0 Å². The summed E-state index contributed by atoms with van der Waals surface area (Å²) in [5.74, 6) is 5.42. The quantitative estimate of drug-likeness (QED) is 0.157. The smallest absolute Gasteiger partial charge is 0.109 e. The lowest BCUT2D eigenvalue weighted by Crippen LogP contribution is -2.10. The number of H-pyrrole nitrogens is 3. The highest BCUT2D eigenvalue weighted by Gasteiger charge is 2.16. The molecule has 5 heteroatoms. The van der Waals surface area contributed by atoms with Gasteiger partial charge in [-0.05, 0) is 104 Å². The predicted molar refractivity (Wildman–Crippen MR) is 259 cm³/mol. The molecular formula is C54H77N5. The number of imidazole rings is 2. The van der Waals surface area contributed by atoms with Crippen molar-refractivity contribution in [1.82, 2.24) is 24.9 Å². The maximum Gasteiger partial charge on any atom is 0.109 e. The predicted octanol–water partition coefficient (Wildman–Crippen LogP) is 16.3. The third-order valence-electron chi connectivity index (χ3n) is 11.1. The second kappa shape index (κ2) is 19.6. The second-order valence-electron chi connectivity index (χ2n) is 20.4. The van der Waals surface area contributed by atoms with E-state index in [9.17, 15) is 0 Å². The van der Waals surface area contributed by atoms with Gasteiger partial charge in [0.05, 0.1) is 22.1 Å². The fourth-order valence-electron chi connectivity index (χ4n) is 6.65. The van der Waals surface area contributed by atoms with E-state index in [-0.39, 0.29) is 10.8 Å². The van der Waals surface area contributed by atoms with Crippen LogP contribution in [-0.2, 0) is 10.8 Å². The van der Waals surface area contributed by atoms with Gasteiger partial charge < -0.3 is 15.0 Å². The number of rotatable bonds is 6. The molecule has 0 saturated heterocycles. The average Bonchev–Trinajstić information content (AvgIpc) is 3.91. The minimum absolute atomic E-state index is 0.192. The van der Waals surface area contributed by atoms with Crippen molar-refractivity contribution in [2.24, 2.45) is 0 Å². The Balaban J connectivity index is 0.000000174. The number of fused-ring (bicyclic) bond motifs is 3. The van der Waals surface area contributed by atoms with E-state index < -0.39 is 0 Å². The van der Waals surface area contributed by atoms with Crippen LogP contribution in [-0.4, -0.2) is 24.9 Å². The Hall–Kier alpha value is -4.64. The van der Waals surface area contributed by atoms with E-state index in [1.165, 1.54) is 44.4 Å². The van der Waals surface area contributed by atoms with Gasteiger partial charge in [-0.2, -0.15) is 0 Å². The topological polar surface area (TPSA) is 73.2 Å². The zero-order valence-electron chi connectivity index (χ0n) is 39.9. The monoisotopic (exact) mass is 796 g/mol. The molecule has 0 bridgehead atoms. The Morgan fingerprint density at radius 1 is 0.373 bits per heavy atom. The number of hydrogen-bond acceptors (Lipinski definition) is 2. The van der Waals surface area contributed by atoms with Gasteiger partial charge in [0, 0.05) is 23.0 Å². The Bertz CT molecular complexity index is 2260. The molecule has 7 rings (SSSR count). The van der Waals surface area contributed by atoms with E-state index in [1.54, 1.807) is 0 Å². The van der Waals surface area contributed by atoms with Crippen LogP contribution in [0.15, 0.2) is 84.9 Å². The minimum atomic E-state index is 0.192. The van der Waals surface area contributed by atoms with Crippen molar-refractivity contribution in [3.63, 3.8) is 0 Å². The molecule has 0 atom stereocenters. The van der Waals surface area contributed by atoms with Gasteiger partial charge in [-0.15, -0.1) is 0 Å². The molecule has 0 radical (unpaired) electrons. The Morgan fingerprint density at radius 2 is 0.780 bits per heavy atom. The normalized spacial score (nSPS) is 12.1. The Morgan fingerprint density at radius 3 is 1.22 bits per heavy atom. The zero-order valence-corrected chi connectivity index (χ0v) is 39.9. The van der Waals surface area contributed by atoms with Crippen LogP contribution in [0.4, 0.5) is 0 Å². The number of aromatic nitrogens is 5. The summed E-state index contributed by atoms with van der Waals surface area (Å²) in [6.45, 7) is 39.8. The molecule has 3 heterocycles. The summed E-state index contributed by atoms with van der Waals surface area (Å²) in [6, 6.07) is 30.9. The SMILES string of the molecule is CC(C)c1ccc(C(C)(C)C)cc1.CC(C)c1ccc2cc(C(C)C)[nH]c2c1.CC(C)c1ccc2nc(C(C)C)[nH]c2c1.CC(C)c1nc2ccc(C(C)(C)C)cc2[nH]1. The van der Waals surface area contributed by atoms with Crippen molar-refractivity contribution in [2.45, 2.75) is 171 Å². The summed E-state index contributed by atoms with van der Waals surface area (Å²) in [5.41, 5.74) is 14.5. The van der Waals surface area contributed by atoms with Gasteiger partial charge in [-0.3, -0.25) is 0 Å². The molecule has 0 spiro atoms. The van der Waals surface area contributed by atoms with Gasteiger partial charge in [0.1, 0.15) is 11.6 Å². The number of benzene rings is 4. The lowest BCUT2D eigenvalue weighted by molar-refractivity contribution is 0.589. The fraction of sp³-hybridized carbons (Fsp3) is 0.481. The number of nitrogens with zero attached hydrogens (tertiary/aromatic N) is 2. The number of hydrogen-bond donors (Lipinski definition) is 3. The fourth-order valence-corrected chi connectivity index (χ4v) is 6.65. The molecule has 59 heavy (non-hydrogen) atoms. The van der Waals surface area contributed by atoms with Crippen LogP contribution in [0.1, 0.15) is 205 Å². The summed E-state index contributed by atoms with van der Waals surface area (Å²) in [6.07, 6.45) is 0. The summed E-state index contributed by atoms with van der Waals surface area (Å²) in [4.78, 5) is 19.4. The summed E-state index contributed by atoms with van der Waals surface area (Å²) in [7, 11) is 0. The van der Waals surface area contributed by atoms with Crippen LogP contribution in [0.5, 0.6) is 0 Å². The highest BCUT2D eigenvalue weighted by Crippen LogP contribution is 2.28. The highest BCUT2D eigenvalue weighted by atomic mass is 14.9. The molecule has 0 unspecified atom stereocenters. The van der Waals surface area contributed by atoms with E-state index in [4.69, 9.17) is 0 Å². The van der Waals surface area contributed by atoms with Crippen LogP contribution in [0.25, 0.3) is 33.0 Å². The van der Waals surface area contributed by atoms with Crippen molar-refractivity contribution < 1.29 is 0 Å². The van der Waals surface area contributed by atoms with E-state index in [0.717, 1.165) is 33.7 Å². The second-order valence-corrected chi connectivity index (χ2v) is 20.4. The summed E-state index contributed by atoms with van der Waals surface area (Å²) < 4.78 is 0. The van der Waals surface area contributed by atoms with Crippen LogP contribution in [0.3, 0.4) is 0 Å². The molecule has 0 aliphatic rings. The standard InChI is InChI=1S/C14H20N2.C14H19N.C13H18N2.C13H20/c1-9(2)13-15-11-7-6-10(14(3,4)5)8-12(11)16-13;1-9(2)11-5-6-12-8-13(10(3)4)15-14(12)7-11;1-8(2)10-5-6-11-12(7-10)15-13(14-11)9(3)4;1-10(2)11-6-8-12(9-7-11)13(3,4)5/h6-9H,1-5H3,(H,15,16);5-10,15H,1-4H3;5-9H,1-4H3,(H,14,15);6-10H,1-5H3. The van der Waals surface area contributed by atoms with Crippen LogP contribution >= 0.6 is 0 Å². The van der Waals surface area contributed by atoms with Gasteiger partial charge in [0.25, 0.3) is 0 Å². The van der Waals surface area contributed by atoms with Crippen molar-refractivity contribution in [3.05, 3.63) is 130 Å². The van der Waals surface area contributed by atoms with Crippen LogP contribution in [0, 0.1) is 0 Å². The van der Waals surface area contributed by atoms with Crippen molar-refractivity contribution in [1.29, 1.82) is 0 Å². The molecule has 7 aromatic rings. The number of aromatic amines is 3. The van der Waals surface area contributed by atoms with Crippen molar-refractivity contribution >= 4 is 33.0 Å². The van der Waals surface area contributed by atoms with Crippen molar-refractivity contribution in [3.8, 4) is 0 Å². The molecule has 0 aliphatic heterocycles. The van der Waals surface area contributed by atoms with Crippen LogP contribution < -0.4 is 0 Å². The van der Waals surface area contributed by atoms with Crippen molar-refractivity contribution in [2.75, 3.05) is 0 Å². The van der Waals surface area contributed by atoms with E-state index in [2.05, 4.69) is 234 Å². The molecule has 5 nitrogen and oxygen atoms in total. The average molecular weight is 796 g/mol. The van der Waals surface area contributed by atoms with E-state index in [0.29, 0.717) is 35.5 Å². The first kappa shape index (κ1) is 47.0. The van der Waals surface area contributed by atoms with Gasteiger partial charge in [-0.25, -0.2) is 9.97 Å². The third-order valence-corrected chi connectivity index (χ3v) is 11.1. The molecule has 0 fully saturated rings. The molecule has 0 amide bonds. The molecule has 3 aromatic heterocycles. The first-order valence-corrected chi connectivity index (χ1v) is 22.2. The summed E-state index contributed by atoms with van der Waals surface area (Å²) >= 11 is 0. The maximum atomic E-state index is 4.58. The molecule has 3 N–H and O–H groups in total. The zero-order chi connectivity index (χ0) is 44.0. The highest BCUT2D eigenvalue weighted by molar-refractivity contribution is 5.81. The molecule has 0 saturated carbocycles. The van der Waals surface area contributed by atoms with Gasteiger partial charge in [-0.1, -0.05) is 173 Å². The minimum Gasteiger partial charge on any atom is -0.358 e.